The van der Waals surface area contributed by atoms with Gasteiger partial charge >= 0.3 is 0 Å². The largest absolute Gasteiger partial charge is 0.391 e. The highest BCUT2D eigenvalue weighted by Crippen LogP contribution is 2.22. The van der Waals surface area contributed by atoms with Gasteiger partial charge in [0.05, 0.1) is 17.1 Å². The molecule has 6 heteroatoms. The Balaban J connectivity index is 2.63. The number of nitrogens with zero attached hydrogens (tertiary/aromatic N) is 2. The van der Waals surface area contributed by atoms with E-state index in [4.69, 9.17) is 0 Å². The predicted octanol–water partition coefficient (Wildman–Crippen LogP) is 2.51. The van der Waals surface area contributed by atoms with Crippen LogP contribution < -0.4 is 5.32 Å². The smallest absolute Gasteiger partial charge is 0.277 e. The second-order valence-electron chi connectivity index (χ2n) is 5.91. The van der Waals surface area contributed by atoms with Crippen LogP contribution in [0.3, 0.4) is 0 Å². The zero-order chi connectivity index (χ0) is 14.6. The van der Waals surface area contributed by atoms with Gasteiger partial charge in [0, 0.05) is 18.3 Å². The van der Waals surface area contributed by atoms with Crippen molar-refractivity contribution in [2.24, 2.45) is 5.41 Å². The van der Waals surface area contributed by atoms with Gasteiger partial charge in [-0.25, -0.2) is 4.98 Å². The van der Waals surface area contributed by atoms with Crippen molar-refractivity contribution in [3.63, 3.8) is 0 Å². The van der Waals surface area contributed by atoms with Gasteiger partial charge in [-0.1, -0.05) is 20.8 Å². The molecular weight excluding hydrogens is 246 g/mol. The molecule has 1 atom stereocenters. The lowest BCUT2D eigenvalue weighted by Crippen LogP contribution is -2.25. The third-order valence-corrected chi connectivity index (χ3v) is 2.64. The quantitative estimate of drug-likeness (QED) is 0.632. The standard InChI is InChI=1S/C13H21N3O3/c1-9-7-14-12(5-11(9)16(18)19)15-8-10(17)6-13(2,3)4/h5,7,10,17H,6,8H2,1-4H3,(H,14,15). The average Bonchev–Trinajstić information content (AvgIpc) is 2.25. The number of nitrogens with one attached hydrogen (secondary N) is 1. The van der Waals surface area contributed by atoms with Crippen LogP contribution in [0.1, 0.15) is 32.8 Å². The first-order valence-corrected chi connectivity index (χ1v) is 6.22. The lowest BCUT2D eigenvalue weighted by molar-refractivity contribution is -0.385. The lowest BCUT2D eigenvalue weighted by Gasteiger charge is -2.22. The van der Waals surface area contributed by atoms with Crippen LogP contribution in [0.5, 0.6) is 0 Å². The summed E-state index contributed by atoms with van der Waals surface area (Å²) in [5, 5.41) is 23.6. The Morgan fingerprint density at radius 2 is 2.16 bits per heavy atom. The van der Waals surface area contributed by atoms with E-state index in [1.54, 1.807) is 6.92 Å². The van der Waals surface area contributed by atoms with Crippen LogP contribution in [0.2, 0.25) is 0 Å². The molecule has 0 saturated heterocycles. The van der Waals surface area contributed by atoms with Crippen LogP contribution in [0.25, 0.3) is 0 Å². The fourth-order valence-electron chi connectivity index (χ4n) is 1.81. The van der Waals surface area contributed by atoms with Gasteiger partial charge in [0.15, 0.2) is 0 Å². The minimum atomic E-state index is -0.512. The first-order chi connectivity index (χ1) is 8.69. The molecular formula is C13H21N3O3. The number of hydrogen-bond acceptors (Lipinski definition) is 5. The Kier molecular flexibility index (Phi) is 4.83. The van der Waals surface area contributed by atoms with Crippen molar-refractivity contribution in [3.05, 3.63) is 27.9 Å². The molecule has 2 N–H and O–H groups in total. The first kappa shape index (κ1) is 15.4. The highest BCUT2D eigenvalue weighted by molar-refractivity contribution is 5.48. The Hall–Kier alpha value is -1.69. The number of aliphatic hydroxyl groups excluding tert-OH is 1. The van der Waals surface area contributed by atoms with Crippen molar-refractivity contribution in [1.82, 2.24) is 4.98 Å². The second kappa shape index (κ2) is 5.97. The Labute approximate surface area is 113 Å². The average molecular weight is 267 g/mol. The Bertz CT molecular complexity index is 455. The van der Waals surface area contributed by atoms with Gasteiger partial charge in [0.1, 0.15) is 5.82 Å². The summed E-state index contributed by atoms with van der Waals surface area (Å²) < 4.78 is 0. The van der Waals surface area contributed by atoms with Crippen LogP contribution in [0.15, 0.2) is 12.3 Å². The fourth-order valence-corrected chi connectivity index (χ4v) is 1.81. The predicted molar refractivity (Wildman–Crippen MR) is 74.2 cm³/mol. The molecule has 0 saturated carbocycles. The molecule has 1 unspecified atom stereocenters. The number of rotatable bonds is 5. The molecule has 0 aromatic carbocycles. The topological polar surface area (TPSA) is 88.3 Å². The molecule has 0 aliphatic rings. The zero-order valence-electron chi connectivity index (χ0n) is 11.8. The summed E-state index contributed by atoms with van der Waals surface area (Å²) in [7, 11) is 0. The van der Waals surface area contributed by atoms with Gasteiger partial charge in [-0.3, -0.25) is 10.1 Å². The minimum absolute atomic E-state index is 0.0304. The van der Waals surface area contributed by atoms with E-state index in [9.17, 15) is 15.2 Å². The molecule has 0 bridgehead atoms. The second-order valence-corrected chi connectivity index (χ2v) is 5.91. The SMILES string of the molecule is Cc1cnc(NCC(O)CC(C)(C)C)cc1[N+](=O)[O-]. The minimum Gasteiger partial charge on any atom is -0.391 e. The maximum atomic E-state index is 10.8. The Morgan fingerprint density at radius 3 is 2.68 bits per heavy atom. The third kappa shape index (κ3) is 5.21. The summed E-state index contributed by atoms with van der Waals surface area (Å²) in [5.74, 6) is 0.408. The number of aromatic nitrogens is 1. The van der Waals surface area contributed by atoms with E-state index >= 15 is 0 Å². The summed E-state index contributed by atoms with van der Waals surface area (Å²) in [6, 6.07) is 1.39. The summed E-state index contributed by atoms with van der Waals surface area (Å²) in [6.45, 7) is 8.11. The summed E-state index contributed by atoms with van der Waals surface area (Å²) >= 11 is 0. The molecule has 0 aliphatic carbocycles. The monoisotopic (exact) mass is 267 g/mol. The fraction of sp³-hybridized carbons (Fsp3) is 0.615. The van der Waals surface area contributed by atoms with Crippen LogP contribution in [-0.2, 0) is 0 Å². The van der Waals surface area contributed by atoms with E-state index in [-0.39, 0.29) is 11.1 Å². The van der Waals surface area contributed by atoms with Crippen molar-refractivity contribution in [2.75, 3.05) is 11.9 Å². The highest BCUT2D eigenvalue weighted by Gasteiger charge is 2.17. The molecule has 0 fully saturated rings. The molecule has 1 heterocycles. The highest BCUT2D eigenvalue weighted by atomic mass is 16.6. The molecule has 0 amide bonds. The van der Waals surface area contributed by atoms with Crippen molar-refractivity contribution in [1.29, 1.82) is 0 Å². The van der Waals surface area contributed by atoms with Gasteiger partial charge < -0.3 is 10.4 Å². The molecule has 1 aromatic heterocycles. The van der Waals surface area contributed by atoms with E-state index in [1.165, 1.54) is 12.3 Å². The molecule has 106 valence electrons. The van der Waals surface area contributed by atoms with Crippen LogP contribution >= 0.6 is 0 Å². The first-order valence-electron chi connectivity index (χ1n) is 6.22. The number of hydrogen-bond donors (Lipinski definition) is 2. The van der Waals surface area contributed by atoms with Gasteiger partial charge in [-0.05, 0) is 18.8 Å². The number of aryl methyl sites for hydroxylation is 1. The summed E-state index contributed by atoms with van der Waals surface area (Å²) in [6.07, 6.45) is 1.59. The van der Waals surface area contributed by atoms with E-state index in [2.05, 4.69) is 10.3 Å². The normalized spacial score (nSPS) is 13.1. The van der Waals surface area contributed by atoms with Gasteiger partial charge in [0.25, 0.3) is 5.69 Å². The van der Waals surface area contributed by atoms with E-state index < -0.39 is 11.0 Å². The molecule has 0 aliphatic heterocycles. The van der Waals surface area contributed by atoms with Gasteiger partial charge in [0.2, 0.25) is 0 Å². The van der Waals surface area contributed by atoms with Crippen molar-refractivity contribution in [2.45, 2.75) is 40.2 Å². The van der Waals surface area contributed by atoms with E-state index in [0.717, 1.165) is 0 Å². The van der Waals surface area contributed by atoms with Gasteiger partial charge in [-0.2, -0.15) is 0 Å². The maximum absolute atomic E-state index is 10.8. The van der Waals surface area contributed by atoms with E-state index in [0.29, 0.717) is 24.3 Å². The summed E-state index contributed by atoms with van der Waals surface area (Å²) in [5.41, 5.74) is 0.585. The van der Waals surface area contributed by atoms with Crippen molar-refractivity contribution < 1.29 is 10.0 Å². The number of nitro groups is 1. The summed E-state index contributed by atoms with van der Waals surface area (Å²) in [4.78, 5) is 14.4. The molecule has 1 rings (SSSR count). The molecule has 6 nitrogen and oxygen atoms in total. The number of pyridine rings is 1. The van der Waals surface area contributed by atoms with Crippen LogP contribution in [-0.4, -0.2) is 27.7 Å². The van der Waals surface area contributed by atoms with Gasteiger partial charge in [-0.15, -0.1) is 0 Å². The number of aliphatic hydroxyl groups is 1. The lowest BCUT2D eigenvalue weighted by atomic mass is 9.89. The van der Waals surface area contributed by atoms with Crippen LogP contribution in [0.4, 0.5) is 11.5 Å². The third-order valence-electron chi connectivity index (χ3n) is 2.64. The zero-order valence-corrected chi connectivity index (χ0v) is 11.8. The van der Waals surface area contributed by atoms with Crippen LogP contribution in [0, 0.1) is 22.5 Å². The number of anilines is 1. The maximum Gasteiger partial charge on any atom is 0.277 e. The molecule has 19 heavy (non-hydrogen) atoms. The van der Waals surface area contributed by atoms with Crippen molar-refractivity contribution in [3.8, 4) is 0 Å². The molecule has 0 spiro atoms. The molecule has 1 aromatic rings. The molecule has 0 radical (unpaired) electrons. The van der Waals surface area contributed by atoms with Crippen molar-refractivity contribution >= 4 is 11.5 Å². The Morgan fingerprint density at radius 1 is 1.53 bits per heavy atom. The van der Waals surface area contributed by atoms with E-state index in [1.807, 2.05) is 20.8 Å².